The Labute approximate surface area is 77.7 Å². The molecule has 54 valence electrons. The fourth-order valence-corrected chi connectivity index (χ4v) is 1.21. The first-order chi connectivity index (χ1) is 4.74. The molecule has 1 aromatic heterocycles. The van der Waals surface area contributed by atoms with E-state index in [1.54, 1.807) is 19.4 Å². The minimum atomic E-state index is 0.595. The average Bonchev–Trinajstić information content (AvgIpc) is 1.94. The topological polar surface area (TPSA) is 22.1 Å². The SMILES string of the molecule is COc1cc(Cl)cnc1I. The van der Waals surface area contributed by atoms with Crippen LogP contribution in [0.1, 0.15) is 0 Å². The second-order valence-corrected chi connectivity index (χ2v) is 3.10. The maximum Gasteiger partial charge on any atom is 0.152 e. The van der Waals surface area contributed by atoms with Crippen molar-refractivity contribution in [2.75, 3.05) is 7.11 Å². The van der Waals surface area contributed by atoms with Gasteiger partial charge in [0.1, 0.15) is 3.70 Å². The number of aromatic nitrogens is 1. The van der Waals surface area contributed by atoms with Gasteiger partial charge in [-0.3, -0.25) is 0 Å². The largest absolute Gasteiger partial charge is 0.494 e. The zero-order valence-corrected chi connectivity index (χ0v) is 8.18. The predicted octanol–water partition coefficient (Wildman–Crippen LogP) is 2.35. The minimum Gasteiger partial charge on any atom is -0.494 e. The molecular weight excluding hydrogens is 264 g/mol. The number of nitrogens with zero attached hydrogens (tertiary/aromatic N) is 1. The van der Waals surface area contributed by atoms with E-state index in [1.807, 2.05) is 0 Å². The van der Waals surface area contributed by atoms with E-state index in [0.717, 1.165) is 3.70 Å². The molecule has 0 fully saturated rings. The molecule has 0 spiro atoms. The van der Waals surface area contributed by atoms with Crippen LogP contribution >= 0.6 is 34.2 Å². The first-order valence-corrected chi connectivity index (χ1v) is 4.04. The summed E-state index contributed by atoms with van der Waals surface area (Å²) in [5.41, 5.74) is 0. The Morgan fingerprint density at radius 3 is 2.90 bits per heavy atom. The van der Waals surface area contributed by atoms with Gasteiger partial charge in [0.2, 0.25) is 0 Å². The van der Waals surface area contributed by atoms with Gasteiger partial charge in [-0.1, -0.05) is 11.6 Å². The molecule has 4 heteroatoms. The highest BCUT2D eigenvalue weighted by molar-refractivity contribution is 14.1. The van der Waals surface area contributed by atoms with E-state index in [2.05, 4.69) is 27.6 Å². The van der Waals surface area contributed by atoms with E-state index < -0.39 is 0 Å². The maximum absolute atomic E-state index is 5.65. The molecule has 0 aliphatic rings. The molecule has 0 aliphatic heterocycles. The van der Waals surface area contributed by atoms with Gasteiger partial charge in [-0.05, 0) is 22.6 Å². The van der Waals surface area contributed by atoms with Crippen molar-refractivity contribution in [3.8, 4) is 5.75 Å². The molecule has 0 radical (unpaired) electrons. The lowest BCUT2D eigenvalue weighted by atomic mass is 10.5. The summed E-state index contributed by atoms with van der Waals surface area (Å²) in [7, 11) is 1.59. The Morgan fingerprint density at radius 1 is 1.70 bits per heavy atom. The molecular formula is C6H5ClINO. The van der Waals surface area contributed by atoms with Crippen molar-refractivity contribution in [2.24, 2.45) is 0 Å². The Morgan fingerprint density at radius 2 is 2.40 bits per heavy atom. The van der Waals surface area contributed by atoms with E-state index in [-0.39, 0.29) is 0 Å². The Balaban J connectivity index is 3.09. The second kappa shape index (κ2) is 3.39. The molecule has 0 N–H and O–H groups in total. The molecule has 0 atom stereocenters. The second-order valence-electron chi connectivity index (χ2n) is 1.65. The minimum absolute atomic E-state index is 0.595. The normalized spacial score (nSPS) is 9.50. The van der Waals surface area contributed by atoms with E-state index in [4.69, 9.17) is 16.3 Å². The third-order valence-corrected chi connectivity index (χ3v) is 2.01. The number of ether oxygens (including phenoxy) is 1. The average molecular weight is 269 g/mol. The number of rotatable bonds is 1. The monoisotopic (exact) mass is 269 g/mol. The van der Waals surface area contributed by atoms with Gasteiger partial charge in [0.15, 0.2) is 5.75 Å². The molecule has 0 aliphatic carbocycles. The van der Waals surface area contributed by atoms with Gasteiger partial charge >= 0.3 is 0 Å². The van der Waals surface area contributed by atoms with Gasteiger partial charge in [-0.15, -0.1) is 0 Å². The molecule has 0 aromatic carbocycles. The highest BCUT2D eigenvalue weighted by Crippen LogP contribution is 2.21. The summed E-state index contributed by atoms with van der Waals surface area (Å²) < 4.78 is 5.79. The summed E-state index contributed by atoms with van der Waals surface area (Å²) in [5.74, 6) is 0.716. The van der Waals surface area contributed by atoms with Crippen molar-refractivity contribution >= 4 is 34.2 Å². The van der Waals surface area contributed by atoms with Crippen LogP contribution in [0.4, 0.5) is 0 Å². The summed E-state index contributed by atoms with van der Waals surface area (Å²) in [6.07, 6.45) is 1.59. The van der Waals surface area contributed by atoms with Gasteiger partial charge in [-0.25, -0.2) is 4.98 Å². The van der Waals surface area contributed by atoms with E-state index in [1.165, 1.54) is 0 Å². The Bertz CT molecular complexity index is 241. The van der Waals surface area contributed by atoms with Crippen molar-refractivity contribution in [1.29, 1.82) is 0 Å². The molecule has 1 rings (SSSR count). The third kappa shape index (κ3) is 1.73. The zero-order chi connectivity index (χ0) is 7.56. The van der Waals surface area contributed by atoms with Gasteiger partial charge < -0.3 is 4.74 Å². The van der Waals surface area contributed by atoms with Crippen molar-refractivity contribution in [3.05, 3.63) is 21.0 Å². The summed E-state index contributed by atoms with van der Waals surface area (Å²) in [5, 5.41) is 0.595. The van der Waals surface area contributed by atoms with Crippen molar-refractivity contribution in [2.45, 2.75) is 0 Å². The molecule has 2 nitrogen and oxygen atoms in total. The Hall–Kier alpha value is -0.0300. The summed E-state index contributed by atoms with van der Waals surface area (Å²) in [6, 6.07) is 1.73. The number of hydrogen-bond acceptors (Lipinski definition) is 2. The van der Waals surface area contributed by atoms with Crippen LogP contribution in [0.25, 0.3) is 0 Å². The number of methoxy groups -OCH3 is 1. The lowest BCUT2D eigenvalue weighted by molar-refractivity contribution is 0.409. The standard InChI is InChI=1S/C6H5ClINO/c1-10-5-2-4(7)3-9-6(5)8/h2-3H,1H3. The van der Waals surface area contributed by atoms with E-state index in [0.29, 0.717) is 10.8 Å². The molecule has 10 heavy (non-hydrogen) atoms. The van der Waals surface area contributed by atoms with Crippen LogP contribution in [-0.4, -0.2) is 12.1 Å². The first kappa shape index (κ1) is 8.07. The lowest BCUT2D eigenvalue weighted by Gasteiger charge is -2.00. The molecule has 0 amide bonds. The summed E-state index contributed by atoms with van der Waals surface area (Å²) in [4.78, 5) is 3.98. The number of hydrogen-bond donors (Lipinski definition) is 0. The summed E-state index contributed by atoms with van der Waals surface area (Å²) >= 11 is 7.73. The van der Waals surface area contributed by atoms with Gasteiger partial charge in [-0.2, -0.15) is 0 Å². The molecule has 0 bridgehead atoms. The lowest BCUT2D eigenvalue weighted by Crippen LogP contribution is -1.88. The number of halogens is 2. The molecule has 1 heterocycles. The van der Waals surface area contributed by atoms with Crippen molar-refractivity contribution in [3.63, 3.8) is 0 Å². The van der Waals surface area contributed by atoms with Gasteiger partial charge in [0, 0.05) is 12.3 Å². The van der Waals surface area contributed by atoms with Crippen LogP contribution in [0.15, 0.2) is 12.3 Å². The first-order valence-electron chi connectivity index (χ1n) is 2.59. The van der Waals surface area contributed by atoms with Crippen LogP contribution in [0.2, 0.25) is 5.02 Å². The van der Waals surface area contributed by atoms with Gasteiger partial charge in [0.05, 0.1) is 12.1 Å². The highest BCUT2D eigenvalue weighted by Gasteiger charge is 1.99. The van der Waals surface area contributed by atoms with Crippen LogP contribution in [-0.2, 0) is 0 Å². The van der Waals surface area contributed by atoms with Crippen LogP contribution in [0.3, 0.4) is 0 Å². The smallest absolute Gasteiger partial charge is 0.152 e. The quantitative estimate of drug-likeness (QED) is 0.577. The highest BCUT2D eigenvalue weighted by atomic mass is 127. The predicted molar refractivity (Wildman–Crippen MR) is 48.5 cm³/mol. The third-order valence-electron chi connectivity index (χ3n) is 0.993. The number of pyridine rings is 1. The van der Waals surface area contributed by atoms with Crippen LogP contribution in [0.5, 0.6) is 5.75 Å². The van der Waals surface area contributed by atoms with Crippen LogP contribution in [0, 0.1) is 3.70 Å². The fourth-order valence-electron chi connectivity index (χ4n) is 0.547. The summed E-state index contributed by atoms with van der Waals surface area (Å²) in [6.45, 7) is 0. The van der Waals surface area contributed by atoms with Crippen LogP contribution < -0.4 is 4.74 Å². The molecule has 0 unspecified atom stereocenters. The van der Waals surface area contributed by atoms with Crippen molar-refractivity contribution in [1.82, 2.24) is 4.98 Å². The Kier molecular flexibility index (Phi) is 2.73. The molecule has 0 saturated carbocycles. The van der Waals surface area contributed by atoms with E-state index in [9.17, 15) is 0 Å². The van der Waals surface area contributed by atoms with E-state index >= 15 is 0 Å². The molecule has 1 aromatic rings. The van der Waals surface area contributed by atoms with Gasteiger partial charge in [0.25, 0.3) is 0 Å². The fraction of sp³-hybridized carbons (Fsp3) is 0.167. The maximum atomic E-state index is 5.65. The van der Waals surface area contributed by atoms with Crippen molar-refractivity contribution < 1.29 is 4.74 Å². The zero-order valence-electron chi connectivity index (χ0n) is 5.27. The molecule has 0 saturated heterocycles.